The SMILES string of the molecule is CCc1nc2c(cnn2CC)c(NC2CCOCC2)c1CNC(=O)CCC(=O)c1ccc(C)c(-c2cccc(CN3CCN(CC)CC3)c2)c1. The number of carbonyl (C=O) groups excluding carboxylic acids is 2. The quantitative estimate of drug-likeness (QED) is 0.157. The number of rotatable bonds is 14. The van der Waals surface area contributed by atoms with E-state index in [4.69, 9.17) is 9.72 Å². The van der Waals surface area contributed by atoms with E-state index in [1.807, 2.05) is 29.1 Å². The maximum Gasteiger partial charge on any atom is 0.220 e. The number of nitrogens with zero attached hydrogens (tertiary/aromatic N) is 5. The number of benzene rings is 2. The van der Waals surface area contributed by atoms with Gasteiger partial charge in [0.2, 0.25) is 5.91 Å². The van der Waals surface area contributed by atoms with Gasteiger partial charge in [-0.3, -0.25) is 14.5 Å². The molecule has 0 spiro atoms. The molecule has 6 rings (SSSR count). The molecular weight excluding hydrogens is 626 g/mol. The molecular formula is C40H53N7O3. The number of nitrogens with one attached hydrogen (secondary N) is 2. The summed E-state index contributed by atoms with van der Waals surface area (Å²) >= 11 is 0. The number of fused-ring (bicyclic) bond motifs is 1. The number of ketones is 1. The average Bonchev–Trinajstić information content (AvgIpc) is 3.57. The van der Waals surface area contributed by atoms with Crippen LogP contribution in [0.5, 0.6) is 0 Å². The van der Waals surface area contributed by atoms with Gasteiger partial charge in [0.1, 0.15) is 0 Å². The van der Waals surface area contributed by atoms with Gasteiger partial charge < -0.3 is 20.3 Å². The van der Waals surface area contributed by atoms with Crippen LogP contribution in [0, 0.1) is 6.92 Å². The molecule has 10 heteroatoms. The van der Waals surface area contributed by atoms with Crippen LogP contribution >= 0.6 is 0 Å². The zero-order chi connectivity index (χ0) is 35.0. The van der Waals surface area contributed by atoms with Crippen LogP contribution in [0.4, 0.5) is 5.69 Å². The number of pyridine rings is 1. The Morgan fingerprint density at radius 1 is 0.940 bits per heavy atom. The molecule has 4 aromatic rings. The second-order valence-corrected chi connectivity index (χ2v) is 13.6. The Balaban J connectivity index is 1.10. The molecule has 2 saturated heterocycles. The number of hydrogen-bond acceptors (Lipinski definition) is 8. The first-order valence-electron chi connectivity index (χ1n) is 18.5. The zero-order valence-corrected chi connectivity index (χ0v) is 30.3. The maximum atomic E-state index is 13.4. The van der Waals surface area contributed by atoms with E-state index in [9.17, 15) is 9.59 Å². The molecule has 1 amide bonds. The number of aryl methyl sites for hydroxylation is 3. The summed E-state index contributed by atoms with van der Waals surface area (Å²) in [5, 5.41) is 12.4. The molecule has 0 radical (unpaired) electrons. The fraction of sp³-hybridized carbons (Fsp3) is 0.500. The molecule has 2 fully saturated rings. The third-order valence-corrected chi connectivity index (χ3v) is 10.3. The summed E-state index contributed by atoms with van der Waals surface area (Å²) in [5.41, 5.74) is 8.99. The van der Waals surface area contributed by atoms with Crippen molar-refractivity contribution < 1.29 is 14.3 Å². The number of piperazine rings is 1. The van der Waals surface area contributed by atoms with E-state index in [-0.39, 0.29) is 30.6 Å². The van der Waals surface area contributed by atoms with Gasteiger partial charge >= 0.3 is 0 Å². The summed E-state index contributed by atoms with van der Waals surface area (Å²) < 4.78 is 7.51. The van der Waals surface area contributed by atoms with Gasteiger partial charge in [0.25, 0.3) is 0 Å². The van der Waals surface area contributed by atoms with Crippen LogP contribution in [-0.4, -0.2) is 88.2 Å². The summed E-state index contributed by atoms with van der Waals surface area (Å²) in [5.74, 6) is -0.181. The Kier molecular flexibility index (Phi) is 11.9. The lowest BCUT2D eigenvalue weighted by atomic mass is 9.94. The summed E-state index contributed by atoms with van der Waals surface area (Å²) in [6.45, 7) is 17.4. The minimum absolute atomic E-state index is 0.0301. The second kappa shape index (κ2) is 16.7. The van der Waals surface area contributed by atoms with Crippen molar-refractivity contribution >= 4 is 28.4 Å². The van der Waals surface area contributed by atoms with Gasteiger partial charge in [-0.2, -0.15) is 5.10 Å². The summed E-state index contributed by atoms with van der Waals surface area (Å²) in [7, 11) is 0. The van der Waals surface area contributed by atoms with E-state index >= 15 is 0 Å². The minimum Gasteiger partial charge on any atom is -0.381 e. The number of hydrogen-bond donors (Lipinski definition) is 2. The molecule has 10 nitrogen and oxygen atoms in total. The number of anilines is 1. The molecule has 0 aliphatic carbocycles. The number of amides is 1. The first-order valence-corrected chi connectivity index (χ1v) is 18.5. The van der Waals surface area contributed by atoms with Crippen LogP contribution in [0.15, 0.2) is 48.7 Å². The predicted molar refractivity (Wildman–Crippen MR) is 199 cm³/mol. The summed E-state index contributed by atoms with van der Waals surface area (Å²) in [6, 6.07) is 14.9. The third-order valence-electron chi connectivity index (χ3n) is 10.3. The molecule has 50 heavy (non-hydrogen) atoms. The fourth-order valence-electron chi connectivity index (χ4n) is 7.21. The van der Waals surface area contributed by atoms with E-state index in [0.29, 0.717) is 12.1 Å². The van der Waals surface area contributed by atoms with Gasteiger partial charge in [0.05, 0.1) is 17.3 Å². The first kappa shape index (κ1) is 35.7. The average molecular weight is 680 g/mol. The highest BCUT2D eigenvalue weighted by Crippen LogP contribution is 2.31. The Labute approximate surface area is 296 Å². The Hall–Kier alpha value is -4.12. The number of Topliss-reactive ketones (excluding diaryl/α,β-unsaturated/α-hetero) is 1. The second-order valence-electron chi connectivity index (χ2n) is 13.6. The summed E-state index contributed by atoms with van der Waals surface area (Å²) in [4.78, 5) is 36.6. The highest BCUT2D eigenvalue weighted by molar-refractivity contribution is 5.99. The summed E-state index contributed by atoms with van der Waals surface area (Å²) in [6.07, 6.45) is 4.71. The van der Waals surface area contributed by atoms with Crippen molar-refractivity contribution in [1.82, 2.24) is 29.9 Å². The molecule has 2 aliphatic heterocycles. The lowest BCUT2D eigenvalue weighted by Gasteiger charge is -2.34. The number of aromatic nitrogens is 3. The normalized spacial score (nSPS) is 16.2. The molecule has 2 N–H and O–H groups in total. The Bertz CT molecular complexity index is 1790. The Morgan fingerprint density at radius 2 is 1.72 bits per heavy atom. The van der Waals surface area contributed by atoms with Gasteiger partial charge in [-0.15, -0.1) is 0 Å². The van der Waals surface area contributed by atoms with Gasteiger partial charge in [-0.25, -0.2) is 9.67 Å². The lowest BCUT2D eigenvalue weighted by Crippen LogP contribution is -2.45. The van der Waals surface area contributed by atoms with Crippen LogP contribution < -0.4 is 10.6 Å². The number of likely N-dealkylation sites (N-methyl/N-ethyl adjacent to an activating group) is 1. The van der Waals surface area contributed by atoms with E-state index < -0.39 is 0 Å². The van der Waals surface area contributed by atoms with Gasteiger partial charge in [-0.05, 0) is 74.0 Å². The highest BCUT2D eigenvalue weighted by atomic mass is 16.5. The molecule has 2 aliphatic rings. The molecule has 0 bridgehead atoms. The van der Waals surface area contributed by atoms with Crippen LogP contribution in [-0.2, 0) is 35.6 Å². The van der Waals surface area contributed by atoms with Crippen LogP contribution in [0.2, 0.25) is 0 Å². The van der Waals surface area contributed by atoms with Gasteiger partial charge in [0.15, 0.2) is 11.4 Å². The van der Waals surface area contributed by atoms with Crippen LogP contribution in [0.1, 0.15) is 79.2 Å². The molecule has 266 valence electrons. The van der Waals surface area contributed by atoms with E-state index in [1.165, 1.54) is 5.56 Å². The molecule has 4 heterocycles. The smallest absolute Gasteiger partial charge is 0.220 e. The topological polar surface area (TPSA) is 105 Å². The Morgan fingerprint density at radius 3 is 2.46 bits per heavy atom. The number of carbonyl (C=O) groups is 2. The van der Waals surface area contributed by atoms with Crippen molar-refractivity contribution in [1.29, 1.82) is 0 Å². The molecule has 0 saturated carbocycles. The largest absolute Gasteiger partial charge is 0.381 e. The van der Waals surface area contributed by atoms with E-state index in [1.54, 1.807) is 0 Å². The van der Waals surface area contributed by atoms with Crippen molar-refractivity contribution in [3.05, 3.63) is 76.6 Å². The first-order chi connectivity index (χ1) is 24.4. The van der Waals surface area contributed by atoms with Crippen molar-refractivity contribution in [3.63, 3.8) is 0 Å². The maximum absolute atomic E-state index is 13.4. The van der Waals surface area contributed by atoms with Crippen LogP contribution in [0.3, 0.4) is 0 Å². The van der Waals surface area contributed by atoms with Gasteiger partial charge in [-0.1, -0.05) is 44.2 Å². The van der Waals surface area contributed by atoms with Gasteiger partial charge in [0, 0.05) is 94.7 Å². The fourth-order valence-corrected chi connectivity index (χ4v) is 7.21. The molecule has 0 unspecified atom stereocenters. The standard InChI is InChI=1S/C40H53N7O3/c1-5-36-34(39(43-32-15-21-50-22-16-32)35-26-42-47(7-3)40(35)44-36)25-41-38(49)14-13-37(48)31-12-11-28(4)33(24-31)30-10-8-9-29(23-30)27-46-19-17-45(6-2)18-20-46/h8-12,23-24,26,32H,5-7,13-22,25,27H2,1-4H3,(H,41,49)(H,43,44). The minimum atomic E-state index is -0.151. The molecule has 2 aromatic heterocycles. The number of ether oxygens (including phenoxy) is 1. The predicted octanol–water partition coefficient (Wildman–Crippen LogP) is 6.00. The van der Waals surface area contributed by atoms with Crippen molar-refractivity contribution in [3.8, 4) is 11.1 Å². The third kappa shape index (κ3) is 8.42. The van der Waals surface area contributed by atoms with Crippen molar-refractivity contribution in [2.24, 2.45) is 0 Å². The zero-order valence-electron chi connectivity index (χ0n) is 30.3. The molecule has 2 aromatic carbocycles. The monoisotopic (exact) mass is 679 g/mol. The van der Waals surface area contributed by atoms with E-state index in [0.717, 1.165) is 123 Å². The van der Waals surface area contributed by atoms with E-state index in [2.05, 4.69) is 77.5 Å². The molecule has 0 atom stereocenters. The van der Waals surface area contributed by atoms with Crippen LogP contribution in [0.25, 0.3) is 22.2 Å². The van der Waals surface area contributed by atoms with Crippen molar-refractivity contribution in [2.45, 2.75) is 85.5 Å². The lowest BCUT2D eigenvalue weighted by molar-refractivity contribution is -0.121. The highest BCUT2D eigenvalue weighted by Gasteiger charge is 2.22. The van der Waals surface area contributed by atoms with Crippen molar-refractivity contribution in [2.75, 3.05) is 51.3 Å².